The smallest absolute Gasteiger partial charge is 0.0438 e. The van der Waals surface area contributed by atoms with E-state index in [1.807, 2.05) is 24.3 Å². The average Bonchev–Trinajstić information content (AvgIpc) is 2.26. The molecule has 0 aromatic heterocycles. The zero-order valence-corrected chi connectivity index (χ0v) is 9.30. The van der Waals surface area contributed by atoms with Crippen LogP contribution in [0.2, 0.25) is 5.02 Å². The molecule has 0 amide bonds. The van der Waals surface area contributed by atoms with Crippen molar-refractivity contribution in [3.8, 4) is 12.3 Å². The number of halogens is 1. The molecule has 0 aliphatic rings. The van der Waals surface area contributed by atoms with Crippen molar-refractivity contribution in [1.82, 2.24) is 5.43 Å². The predicted octanol–water partition coefficient (Wildman–Crippen LogP) is 2.13. The van der Waals surface area contributed by atoms with Gasteiger partial charge in [-0.3, -0.25) is 11.3 Å². The van der Waals surface area contributed by atoms with Crippen LogP contribution in [-0.4, -0.2) is 6.04 Å². The molecule has 0 fully saturated rings. The van der Waals surface area contributed by atoms with Crippen molar-refractivity contribution < 1.29 is 0 Å². The Hall–Kier alpha value is -1.01. The predicted molar refractivity (Wildman–Crippen MR) is 64.3 cm³/mol. The Morgan fingerprint density at radius 3 is 2.80 bits per heavy atom. The summed E-state index contributed by atoms with van der Waals surface area (Å²) in [6, 6.07) is 7.95. The van der Waals surface area contributed by atoms with Gasteiger partial charge in [0.25, 0.3) is 0 Å². The zero-order chi connectivity index (χ0) is 11.1. The van der Waals surface area contributed by atoms with Gasteiger partial charge in [-0.25, -0.2) is 0 Å². The molecule has 0 aliphatic heterocycles. The van der Waals surface area contributed by atoms with E-state index >= 15 is 0 Å². The number of nitrogens with one attached hydrogen (secondary N) is 1. The molecule has 3 N–H and O–H groups in total. The Morgan fingerprint density at radius 2 is 2.20 bits per heavy atom. The van der Waals surface area contributed by atoms with Gasteiger partial charge in [0.15, 0.2) is 0 Å². The Morgan fingerprint density at radius 1 is 1.47 bits per heavy atom. The number of benzene rings is 1. The van der Waals surface area contributed by atoms with Crippen LogP contribution in [-0.2, 0) is 6.42 Å². The summed E-state index contributed by atoms with van der Waals surface area (Å²) in [7, 11) is 0. The molecule has 15 heavy (non-hydrogen) atoms. The molecule has 1 aromatic carbocycles. The quantitative estimate of drug-likeness (QED) is 0.455. The van der Waals surface area contributed by atoms with Gasteiger partial charge in [0.1, 0.15) is 0 Å². The molecule has 1 unspecified atom stereocenters. The first-order valence-corrected chi connectivity index (χ1v) is 5.28. The van der Waals surface area contributed by atoms with E-state index in [-0.39, 0.29) is 6.04 Å². The third kappa shape index (κ3) is 3.93. The molecule has 1 aromatic rings. The van der Waals surface area contributed by atoms with Gasteiger partial charge in [-0.1, -0.05) is 29.8 Å². The number of rotatable bonds is 5. The Balaban J connectivity index is 2.59. The van der Waals surface area contributed by atoms with E-state index in [4.69, 9.17) is 23.9 Å². The fourth-order valence-corrected chi connectivity index (χ4v) is 1.64. The van der Waals surface area contributed by atoms with E-state index in [1.165, 1.54) is 0 Å². The van der Waals surface area contributed by atoms with Crippen LogP contribution in [0.5, 0.6) is 0 Å². The van der Waals surface area contributed by atoms with Crippen molar-refractivity contribution in [3.05, 3.63) is 34.9 Å². The van der Waals surface area contributed by atoms with Crippen LogP contribution in [0, 0.1) is 12.3 Å². The van der Waals surface area contributed by atoms with Gasteiger partial charge in [-0.05, 0) is 24.5 Å². The maximum atomic E-state index is 6.05. The second-order valence-corrected chi connectivity index (χ2v) is 3.81. The van der Waals surface area contributed by atoms with Crippen molar-refractivity contribution in [3.63, 3.8) is 0 Å². The molecule has 1 atom stereocenters. The van der Waals surface area contributed by atoms with E-state index in [9.17, 15) is 0 Å². The molecule has 0 radical (unpaired) electrons. The van der Waals surface area contributed by atoms with Crippen LogP contribution in [0.1, 0.15) is 18.4 Å². The number of hydrazine groups is 1. The van der Waals surface area contributed by atoms with Gasteiger partial charge >= 0.3 is 0 Å². The van der Waals surface area contributed by atoms with Crippen LogP contribution in [0.25, 0.3) is 0 Å². The summed E-state index contributed by atoms with van der Waals surface area (Å²) >= 11 is 6.05. The largest absolute Gasteiger partial charge is 0.271 e. The van der Waals surface area contributed by atoms with Crippen LogP contribution < -0.4 is 11.3 Å². The minimum Gasteiger partial charge on any atom is -0.271 e. The Labute approximate surface area is 95.8 Å². The summed E-state index contributed by atoms with van der Waals surface area (Å²) < 4.78 is 0. The van der Waals surface area contributed by atoms with Crippen molar-refractivity contribution >= 4 is 11.6 Å². The average molecular weight is 223 g/mol. The highest BCUT2D eigenvalue weighted by atomic mass is 35.5. The summed E-state index contributed by atoms with van der Waals surface area (Å²) in [4.78, 5) is 0. The van der Waals surface area contributed by atoms with Gasteiger partial charge in [0.2, 0.25) is 0 Å². The maximum Gasteiger partial charge on any atom is 0.0438 e. The molecule has 1 rings (SSSR count). The SMILES string of the molecule is C#CCCC(Cc1ccccc1Cl)NN. The minimum atomic E-state index is 0.181. The van der Waals surface area contributed by atoms with Gasteiger partial charge in [-0.15, -0.1) is 12.3 Å². The number of terminal acetylenes is 1. The van der Waals surface area contributed by atoms with E-state index in [1.54, 1.807) is 0 Å². The number of nitrogens with two attached hydrogens (primary N) is 1. The van der Waals surface area contributed by atoms with Crippen molar-refractivity contribution in [2.45, 2.75) is 25.3 Å². The van der Waals surface area contributed by atoms with Gasteiger partial charge in [0.05, 0.1) is 0 Å². The fourth-order valence-electron chi connectivity index (χ4n) is 1.43. The molecule has 80 valence electrons. The van der Waals surface area contributed by atoms with Crippen LogP contribution in [0.3, 0.4) is 0 Å². The van der Waals surface area contributed by atoms with E-state index in [0.717, 1.165) is 29.8 Å². The second kappa shape index (κ2) is 6.47. The molecule has 0 saturated carbocycles. The van der Waals surface area contributed by atoms with Crippen LogP contribution >= 0.6 is 11.6 Å². The lowest BCUT2D eigenvalue weighted by atomic mass is 10.0. The summed E-state index contributed by atoms with van der Waals surface area (Å²) in [6.07, 6.45) is 7.59. The van der Waals surface area contributed by atoms with Gasteiger partial charge < -0.3 is 0 Å². The third-order valence-corrected chi connectivity index (χ3v) is 2.67. The summed E-state index contributed by atoms with van der Waals surface area (Å²) in [5.41, 5.74) is 3.85. The summed E-state index contributed by atoms with van der Waals surface area (Å²) in [6.45, 7) is 0. The third-order valence-electron chi connectivity index (χ3n) is 2.30. The molecule has 0 heterocycles. The van der Waals surface area contributed by atoms with Crippen molar-refractivity contribution in [2.24, 2.45) is 5.84 Å². The fraction of sp³-hybridized carbons (Fsp3) is 0.333. The molecule has 3 heteroatoms. The molecular formula is C12H15ClN2. The topological polar surface area (TPSA) is 38.0 Å². The highest BCUT2D eigenvalue weighted by Gasteiger charge is 2.08. The highest BCUT2D eigenvalue weighted by Crippen LogP contribution is 2.17. The maximum absolute atomic E-state index is 6.05. The normalized spacial score (nSPS) is 12.1. The molecule has 0 spiro atoms. The standard InChI is InChI=1S/C12H15ClN2/c1-2-3-7-11(15-14)9-10-6-4-5-8-12(10)13/h1,4-6,8,11,15H,3,7,9,14H2. The summed E-state index contributed by atoms with van der Waals surface area (Å²) in [5, 5.41) is 0.776. The molecular weight excluding hydrogens is 208 g/mol. The minimum absolute atomic E-state index is 0.181. The lowest BCUT2D eigenvalue weighted by Crippen LogP contribution is -2.36. The van der Waals surface area contributed by atoms with Crippen LogP contribution in [0.15, 0.2) is 24.3 Å². The molecule has 0 saturated heterocycles. The van der Waals surface area contributed by atoms with Crippen molar-refractivity contribution in [2.75, 3.05) is 0 Å². The van der Waals surface area contributed by atoms with E-state index < -0.39 is 0 Å². The molecule has 0 aliphatic carbocycles. The molecule has 2 nitrogen and oxygen atoms in total. The Kier molecular flexibility index (Phi) is 5.20. The number of hydrogen-bond acceptors (Lipinski definition) is 2. The van der Waals surface area contributed by atoms with E-state index in [0.29, 0.717) is 0 Å². The molecule has 0 bridgehead atoms. The lowest BCUT2D eigenvalue weighted by Gasteiger charge is -2.15. The first-order chi connectivity index (χ1) is 7.27. The van der Waals surface area contributed by atoms with Crippen molar-refractivity contribution in [1.29, 1.82) is 0 Å². The lowest BCUT2D eigenvalue weighted by molar-refractivity contribution is 0.498. The first kappa shape index (κ1) is 12.1. The zero-order valence-electron chi connectivity index (χ0n) is 8.54. The van der Waals surface area contributed by atoms with Gasteiger partial charge in [0, 0.05) is 17.5 Å². The van der Waals surface area contributed by atoms with Crippen LogP contribution in [0.4, 0.5) is 0 Å². The van der Waals surface area contributed by atoms with E-state index in [2.05, 4.69) is 11.3 Å². The monoisotopic (exact) mass is 222 g/mol. The number of hydrogen-bond donors (Lipinski definition) is 2. The first-order valence-electron chi connectivity index (χ1n) is 4.91. The van der Waals surface area contributed by atoms with Gasteiger partial charge in [-0.2, -0.15) is 0 Å². The Bertz CT molecular complexity index is 344. The highest BCUT2D eigenvalue weighted by molar-refractivity contribution is 6.31. The summed E-state index contributed by atoms with van der Waals surface area (Å²) in [5.74, 6) is 8.05. The second-order valence-electron chi connectivity index (χ2n) is 3.40.